The lowest BCUT2D eigenvalue weighted by Gasteiger charge is -2.33. The fourth-order valence-corrected chi connectivity index (χ4v) is 3.87. The highest BCUT2D eigenvalue weighted by molar-refractivity contribution is 4.91. The largest absolute Gasteiger partial charge is 0.370 e. The van der Waals surface area contributed by atoms with Crippen molar-refractivity contribution in [2.45, 2.75) is 88.4 Å². The van der Waals surface area contributed by atoms with E-state index < -0.39 is 0 Å². The quantitative estimate of drug-likeness (QED) is 0.780. The van der Waals surface area contributed by atoms with Gasteiger partial charge in [-0.05, 0) is 38.5 Å². The van der Waals surface area contributed by atoms with Crippen LogP contribution in [-0.4, -0.2) is 24.4 Å². The van der Waals surface area contributed by atoms with Gasteiger partial charge in [0.2, 0.25) is 0 Å². The zero-order chi connectivity index (χ0) is 12.3. The molecule has 3 heteroatoms. The number of rotatable bonds is 4. The topological polar surface area (TPSA) is 30.5 Å². The van der Waals surface area contributed by atoms with E-state index in [1.807, 2.05) is 0 Å². The van der Waals surface area contributed by atoms with Crippen molar-refractivity contribution in [1.29, 1.82) is 0 Å². The molecule has 3 fully saturated rings. The predicted octanol–water partition coefficient (Wildman–Crippen LogP) is 3.33. The van der Waals surface area contributed by atoms with Crippen molar-refractivity contribution in [1.82, 2.24) is 5.48 Å². The minimum atomic E-state index is 0.248. The summed E-state index contributed by atoms with van der Waals surface area (Å²) >= 11 is 0. The normalized spacial score (nSPS) is 32.3. The summed E-state index contributed by atoms with van der Waals surface area (Å²) in [7, 11) is 0. The lowest BCUT2D eigenvalue weighted by molar-refractivity contribution is -0.0878. The van der Waals surface area contributed by atoms with Crippen LogP contribution in [-0.2, 0) is 9.57 Å². The van der Waals surface area contributed by atoms with E-state index in [2.05, 4.69) is 5.48 Å². The van der Waals surface area contributed by atoms with Crippen LogP contribution in [0.2, 0.25) is 0 Å². The van der Waals surface area contributed by atoms with Gasteiger partial charge in [0.1, 0.15) is 0 Å². The fourth-order valence-electron chi connectivity index (χ4n) is 3.87. The number of hydroxylamine groups is 1. The Labute approximate surface area is 111 Å². The smallest absolute Gasteiger partial charge is 0.0790 e. The molecule has 3 rings (SSSR count). The van der Waals surface area contributed by atoms with Crippen molar-refractivity contribution in [3.8, 4) is 0 Å². The highest BCUT2D eigenvalue weighted by atomic mass is 16.7. The average Bonchev–Trinajstić information content (AvgIpc) is 3.02. The second-order valence-electron chi connectivity index (χ2n) is 6.39. The first kappa shape index (κ1) is 12.9. The van der Waals surface area contributed by atoms with Crippen molar-refractivity contribution in [3.63, 3.8) is 0 Å². The Hall–Kier alpha value is -0.120. The maximum atomic E-state index is 6.31. The number of hydrogen-bond donors (Lipinski definition) is 1. The third-order valence-corrected chi connectivity index (χ3v) is 4.97. The Bertz CT molecular complexity index is 257. The molecule has 3 aliphatic rings. The van der Waals surface area contributed by atoms with Crippen molar-refractivity contribution in [2.24, 2.45) is 0 Å². The van der Waals surface area contributed by atoms with Crippen molar-refractivity contribution < 1.29 is 9.57 Å². The summed E-state index contributed by atoms with van der Waals surface area (Å²) in [5, 5.41) is 0. The van der Waals surface area contributed by atoms with Crippen molar-refractivity contribution in [3.05, 3.63) is 0 Å². The molecule has 18 heavy (non-hydrogen) atoms. The predicted molar refractivity (Wildman–Crippen MR) is 71.3 cm³/mol. The molecule has 0 aromatic carbocycles. The van der Waals surface area contributed by atoms with Gasteiger partial charge in [0.25, 0.3) is 0 Å². The third kappa shape index (κ3) is 3.06. The van der Waals surface area contributed by atoms with Crippen LogP contribution in [0.3, 0.4) is 0 Å². The van der Waals surface area contributed by atoms with Crippen LogP contribution in [0.15, 0.2) is 0 Å². The molecule has 1 heterocycles. The van der Waals surface area contributed by atoms with Crippen LogP contribution in [0.25, 0.3) is 0 Å². The van der Waals surface area contributed by atoms with Crippen LogP contribution in [0.5, 0.6) is 0 Å². The molecule has 2 saturated carbocycles. The summed E-state index contributed by atoms with van der Waals surface area (Å²) in [4.78, 5) is 5.71. The Balaban J connectivity index is 1.36. The van der Waals surface area contributed by atoms with Crippen LogP contribution < -0.4 is 5.48 Å². The molecule has 2 aliphatic carbocycles. The molecular weight excluding hydrogens is 226 g/mol. The van der Waals surface area contributed by atoms with E-state index in [1.165, 1.54) is 70.6 Å². The maximum absolute atomic E-state index is 6.31. The zero-order valence-corrected chi connectivity index (χ0v) is 11.5. The highest BCUT2D eigenvalue weighted by Crippen LogP contribution is 2.41. The minimum Gasteiger partial charge on any atom is -0.370 e. The Morgan fingerprint density at radius 3 is 2.50 bits per heavy atom. The van der Waals surface area contributed by atoms with Crippen LogP contribution >= 0.6 is 0 Å². The monoisotopic (exact) mass is 253 g/mol. The van der Waals surface area contributed by atoms with Crippen molar-refractivity contribution in [2.75, 3.05) is 6.54 Å². The van der Waals surface area contributed by atoms with E-state index in [0.29, 0.717) is 12.2 Å². The molecular formula is C15H27NO2. The number of ether oxygens (including phenoxy) is 1. The first-order chi connectivity index (χ1) is 8.86. The summed E-state index contributed by atoms with van der Waals surface area (Å²) in [5.41, 5.74) is 3.41. The summed E-state index contributed by atoms with van der Waals surface area (Å²) in [5.74, 6) is 0. The van der Waals surface area contributed by atoms with E-state index in [1.54, 1.807) is 0 Å². The summed E-state index contributed by atoms with van der Waals surface area (Å²) in [6.45, 7) is 0.873. The Morgan fingerprint density at radius 1 is 0.944 bits per heavy atom. The molecule has 0 radical (unpaired) electrons. The molecule has 1 unspecified atom stereocenters. The SMILES string of the molecule is C1CCC2(CC1)CCC(CNOC1CCCC1)O2. The standard InChI is InChI=1S/C15H27NO2/c1-4-9-15(10-5-1)11-8-14(17-15)12-16-18-13-6-2-3-7-13/h13-14,16H,1-12H2. The van der Waals surface area contributed by atoms with Gasteiger partial charge in [0.15, 0.2) is 0 Å². The third-order valence-electron chi connectivity index (χ3n) is 4.97. The van der Waals surface area contributed by atoms with Gasteiger partial charge in [-0.1, -0.05) is 32.1 Å². The van der Waals surface area contributed by atoms with Gasteiger partial charge in [-0.15, -0.1) is 0 Å². The zero-order valence-electron chi connectivity index (χ0n) is 11.5. The van der Waals surface area contributed by atoms with E-state index in [-0.39, 0.29) is 5.60 Å². The van der Waals surface area contributed by atoms with Gasteiger partial charge < -0.3 is 4.74 Å². The first-order valence-corrected chi connectivity index (χ1v) is 7.93. The second kappa shape index (κ2) is 5.89. The molecule has 1 atom stereocenters. The van der Waals surface area contributed by atoms with Gasteiger partial charge in [0.05, 0.1) is 17.8 Å². The molecule has 3 nitrogen and oxygen atoms in total. The van der Waals surface area contributed by atoms with Crippen LogP contribution in [0.1, 0.15) is 70.6 Å². The molecule has 0 aromatic heterocycles. The summed E-state index contributed by atoms with van der Waals surface area (Å²) < 4.78 is 6.31. The van der Waals surface area contributed by atoms with E-state index in [9.17, 15) is 0 Å². The Morgan fingerprint density at radius 2 is 1.72 bits per heavy atom. The van der Waals surface area contributed by atoms with Gasteiger partial charge in [-0.25, -0.2) is 0 Å². The van der Waals surface area contributed by atoms with Gasteiger partial charge >= 0.3 is 0 Å². The van der Waals surface area contributed by atoms with E-state index >= 15 is 0 Å². The molecule has 1 aliphatic heterocycles. The van der Waals surface area contributed by atoms with Gasteiger partial charge in [-0.3, -0.25) is 4.84 Å². The van der Waals surface area contributed by atoms with Crippen LogP contribution in [0.4, 0.5) is 0 Å². The summed E-state index contributed by atoms with van der Waals surface area (Å²) in [6, 6.07) is 0. The fraction of sp³-hybridized carbons (Fsp3) is 1.00. The maximum Gasteiger partial charge on any atom is 0.0790 e. The minimum absolute atomic E-state index is 0.248. The van der Waals surface area contributed by atoms with Gasteiger partial charge in [-0.2, -0.15) is 5.48 Å². The molecule has 1 spiro atoms. The first-order valence-electron chi connectivity index (χ1n) is 7.93. The number of nitrogens with one attached hydrogen (secondary N) is 1. The average molecular weight is 253 g/mol. The summed E-state index contributed by atoms with van der Waals surface area (Å²) in [6.07, 6.45) is 15.1. The Kier molecular flexibility index (Phi) is 4.22. The molecule has 1 saturated heterocycles. The van der Waals surface area contributed by atoms with E-state index in [4.69, 9.17) is 9.57 Å². The van der Waals surface area contributed by atoms with Crippen molar-refractivity contribution >= 4 is 0 Å². The molecule has 104 valence electrons. The van der Waals surface area contributed by atoms with Gasteiger partial charge in [0, 0.05) is 6.54 Å². The second-order valence-corrected chi connectivity index (χ2v) is 6.39. The molecule has 0 amide bonds. The molecule has 0 aromatic rings. The molecule has 1 N–H and O–H groups in total. The lowest BCUT2D eigenvalue weighted by atomic mass is 9.83. The number of hydrogen-bond acceptors (Lipinski definition) is 3. The highest BCUT2D eigenvalue weighted by Gasteiger charge is 2.40. The molecule has 0 bridgehead atoms. The van der Waals surface area contributed by atoms with E-state index in [0.717, 1.165) is 6.54 Å². The lowest BCUT2D eigenvalue weighted by Crippen LogP contribution is -2.35. The van der Waals surface area contributed by atoms with Crippen LogP contribution in [0, 0.1) is 0 Å².